The number of alkyl halides is 2. The van der Waals surface area contributed by atoms with Crippen LogP contribution in [-0.2, 0) is 16.0 Å². The number of carbonyl (C=O) groups is 2. The number of rotatable bonds is 7. The fourth-order valence-electron chi connectivity index (χ4n) is 3.49. The number of piperidine rings is 1. The van der Waals surface area contributed by atoms with Crippen LogP contribution in [0, 0.1) is 11.7 Å². The van der Waals surface area contributed by atoms with Crippen molar-refractivity contribution in [3.8, 4) is 11.5 Å². The minimum Gasteiger partial charge on any atom is -0.493 e. The zero-order chi connectivity index (χ0) is 22.4. The molecule has 166 valence electrons. The number of ether oxygens (including phenoxy) is 2. The molecule has 1 aliphatic heterocycles. The molecule has 9 heteroatoms. The van der Waals surface area contributed by atoms with Gasteiger partial charge in [-0.25, -0.2) is 4.39 Å². The van der Waals surface area contributed by atoms with Gasteiger partial charge in [0.2, 0.25) is 11.8 Å². The number of nitrogens with zero attached hydrogens (tertiary/aromatic N) is 1. The van der Waals surface area contributed by atoms with Gasteiger partial charge in [-0.3, -0.25) is 9.59 Å². The molecule has 0 aliphatic carbocycles. The van der Waals surface area contributed by atoms with Crippen LogP contribution in [0.2, 0.25) is 0 Å². The van der Waals surface area contributed by atoms with Gasteiger partial charge in [0.1, 0.15) is 5.82 Å². The summed E-state index contributed by atoms with van der Waals surface area (Å²) in [5, 5.41) is 2.69. The molecule has 31 heavy (non-hydrogen) atoms. The predicted molar refractivity (Wildman–Crippen MR) is 108 cm³/mol. The molecule has 6 nitrogen and oxygen atoms in total. The van der Waals surface area contributed by atoms with E-state index in [0.717, 1.165) is 0 Å². The summed E-state index contributed by atoms with van der Waals surface area (Å²) in [7, 11) is 1.32. The van der Waals surface area contributed by atoms with Crippen molar-refractivity contribution in [3.63, 3.8) is 0 Å². The van der Waals surface area contributed by atoms with E-state index in [1.165, 1.54) is 37.4 Å². The molecular weight excluding hydrogens is 413 g/mol. The maximum atomic E-state index is 13.0. The summed E-state index contributed by atoms with van der Waals surface area (Å²) in [5.74, 6) is -1.32. The first-order valence-electron chi connectivity index (χ1n) is 9.81. The first-order chi connectivity index (χ1) is 14.9. The summed E-state index contributed by atoms with van der Waals surface area (Å²) in [6.45, 7) is -2.24. The highest BCUT2D eigenvalue weighted by Crippen LogP contribution is 2.32. The van der Waals surface area contributed by atoms with Crippen LogP contribution < -0.4 is 14.8 Å². The summed E-state index contributed by atoms with van der Waals surface area (Å²) in [6.07, 6.45) is 1.39. The zero-order valence-electron chi connectivity index (χ0n) is 16.9. The van der Waals surface area contributed by atoms with Gasteiger partial charge in [0, 0.05) is 24.8 Å². The van der Waals surface area contributed by atoms with Crippen LogP contribution in [0.15, 0.2) is 42.5 Å². The molecule has 0 bridgehead atoms. The normalized spacial score (nSPS) is 16.2. The predicted octanol–water partition coefficient (Wildman–Crippen LogP) is 3.86. The molecule has 0 radical (unpaired) electrons. The number of carbonyl (C=O) groups excluding carboxylic acids is 2. The lowest BCUT2D eigenvalue weighted by Gasteiger charge is -2.32. The second kappa shape index (κ2) is 10.2. The van der Waals surface area contributed by atoms with E-state index in [-0.39, 0.29) is 47.8 Å². The highest BCUT2D eigenvalue weighted by Gasteiger charge is 2.28. The van der Waals surface area contributed by atoms with Gasteiger partial charge in [-0.2, -0.15) is 8.78 Å². The molecule has 0 saturated carbocycles. The molecule has 3 rings (SSSR count). The van der Waals surface area contributed by atoms with E-state index in [1.54, 1.807) is 17.0 Å². The standard InChI is InChI=1S/C22H23F3N2O4/c1-30-18-9-8-17(12-19(18)31-22(24)25)26-21(29)15-3-2-10-27(13-15)20(28)11-14-4-6-16(23)7-5-14/h4-9,12,15,22H,2-3,10-11,13H2,1H3,(H,26,29). The van der Waals surface area contributed by atoms with Crippen molar-refractivity contribution >= 4 is 17.5 Å². The van der Waals surface area contributed by atoms with Crippen molar-refractivity contribution in [1.29, 1.82) is 0 Å². The minimum atomic E-state index is -3.03. The Balaban J connectivity index is 1.61. The number of anilines is 1. The van der Waals surface area contributed by atoms with Gasteiger partial charge in [0.05, 0.1) is 19.4 Å². The largest absolute Gasteiger partial charge is 0.493 e. The Morgan fingerprint density at radius 2 is 1.90 bits per heavy atom. The first-order valence-corrected chi connectivity index (χ1v) is 9.81. The third-order valence-electron chi connectivity index (χ3n) is 5.06. The number of hydrogen-bond acceptors (Lipinski definition) is 4. The minimum absolute atomic E-state index is 0.119. The Hall–Kier alpha value is -3.23. The van der Waals surface area contributed by atoms with E-state index in [2.05, 4.69) is 10.1 Å². The van der Waals surface area contributed by atoms with E-state index in [0.29, 0.717) is 24.9 Å². The number of amides is 2. The summed E-state index contributed by atoms with van der Waals surface area (Å²) >= 11 is 0. The fraction of sp³-hybridized carbons (Fsp3) is 0.364. The molecule has 1 saturated heterocycles. The lowest BCUT2D eigenvalue weighted by molar-refractivity contribution is -0.133. The Morgan fingerprint density at radius 3 is 2.58 bits per heavy atom. The topological polar surface area (TPSA) is 67.9 Å². The van der Waals surface area contributed by atoms with Crippen molar-refractivity contribution in [2.75, 3.05) is 25.5 Å². The Bertz CT molecular complexity index is 921. The van der Waals surface area contributed by atoms with Gasteiger partial charge in [0.15, 0.2) is 11.5 Å². The molecule has 1 atom stereocenters. The van der Waals surface area contributed by atoms with E-state index >= 15 is 0 Å². The average molecular weight is 436 g/mol. The number of nitrogens with one attached hydrogen (secondary N) is 1. The highest BCUT2D eigenvalue weighted by atomic mass is 19.3. The number of likely N-dealkylation sites (tertiary alicyclic amines) is 1. The Labute approximate surface area is 177 Å². The zero-order valence-corrected chi connectivity index (χ0v) is 16.9. The molecule has 1 unspecified atom stereocenters. The van der Waals surface area contributed by atoms with E-state index in [1.807, 2.05) is 0 Å². The number of hydrogen-bond donors (Lipinski definition) is 1. The Kier molecular flexibility index (Phi) is 7.38. The molecule has 0 aromatic heterocycles. The van der Waals surface area contributed by atoms with Crippen LogP contribution in [0.4, 0.5) is 18.9 Å². The number of methoxy groups -OCH3 is 1. The monoisotopic (exact) mass is 436 g/mol. The number of benzene rings is 2. The summed E-state index contributed by atoms with van der Waals surface area (Å²) in [4.78, 5) is 26.9. The lowest BCUT2D eigenvalue weighted by atomic mass is 9.96. The van der Waals surface area contributed by atoms with Crippen LogP contribution in [-0.4, -0.2) is 43.5 Å². The molecule has 0 spiro atoms. The highest BCUT2D eigenvalue weighted by molar-refractivity contribution is 5.93. The summed E-state index contributed by atoms with van der Waals surface area (Å²) in [5.41, 5.74) is 0.985. The molecule has 2 amide bonds. The van der Waals surface area contributed by atoms with Gasteiger partial charge in [0.25, 0.3) is 0 Å². The quantitative estimate of drug-likeness (QED) is 0.716. The van der Waals surface area contributed by atoms with Gasteiger partial charge >= 0.3 is 6.61 Å². The number of halogens is 3. The maximum absolute atomic E-state index is 13.0. The first kappa shape index (κ1) is 22.5. The summed E-state index contributed by atoms with van der Waals surface area (Å²) < 4.78 is 47.6. The van der Waals surface area contributed by atoms with Gasteiger partial charge in [-0.15, -0.1) is 0 Å². The van der Waals surface area contributed by atoms with Crippen LogP contribution in [0.1, 0.15) is 18.4 Å². The fourth-order valence-corrected chi connectivity index (χ4v) is 3.49. The van der Waals surface area contributed by atoms with Crippen LogP contribution >= 0.6 is 0 Å². The van der Waals surface area contributed by atoms with Gasteiger partial charge < -0.3 is 19.7 Å². The van der Waals surface area contributed by atoms with Crippen molar-refractivity contribution < 1.29 is 32.2 Å². The summed E-state index contributed by atoms with van der Waals surface area (Å²) in [6, 6.07) is 9.94. The van der Waals surface area contributed by atoms with Crippen molar-refractivity contribution in [1.82, 2.24) is 4.90 Å². The molecule has 1 heterocycles. The third-order valence-corrected chi connectivity index (χ3v) is 5.06. The van der Waals surface area contributed by atoms with E-state index in [9.17, 15) is 22.8 Å². The average Bonchev–Trinajstić information content (AvgIpc) is 2.75. The Morgan fingerprint density at radius 1 is 1.16 bits per heavy atom. The van der Waals surface area contributed by atoms with Crippen LogP contribution in [0.25, 0.3) is 0 Å². The van der Waals surface area contributed by atoms with Crippen molar-refractivity contribution in [2.24, 2.45) is 5.92 Å². The van der Waals surface area contributed by atoms with Crippen LogP contribution in [0.3, 0.4) is 0 Å². The molecule has 1 fully saturated rings. The van der Waals surface area contributed by atoms with Gasteiger partial charge in [-0.1, -0.05) is 12.1 Å². The van der Waals surface area contributed by atoms with E-state index in [4.69, 9.17) is 4.74 Å². The third kappa shape index (κ3) is 6.13. The second-order valence-electron chi connectivity index (χ2n) is 7.22. The van der Waals surface area contributed by atoms with Crippen LogP contribution in [0.5, 0.6) is 11.5 Å². The molecule has 1 aliphatic rings. The molecule has 2 aromatic rings. The SMILES string of the molecule is COc1ccc(NC(=O)C2CCCN(C(=O)Cc3ccc(F)cc3)C2)cc1OC(F)F. The van der Waals surface area contributed by atoms with Gasteiger partial charge in [-0.05, 0) is 42.7 Å². The van der Waals surface area contributed by atoms with E-state index < -0.39 is 12.5 Å². The lowest BCUT2D eigenvalue weighted by Crippen LogP contribution is -2.44. The smallest absolute Gasteiger partial charge is 0.387 e. The van der Waals surface area contributed by atoms with Crippen molar-refractivity contribution in [2.45, 2.75) is 25.9 Å². The molecular formula is C22H23F3N2O4. The molecule has 1 N–H and O–H groups in total. The van der Waals surface area contributed by atoms with Crippen molar-refractivity contribution in [3.05, 3.63) is 53.8 Å². The molecule has 2 aromatic carbocycles. The maximum Gasteiger partial charge on any atom is 0.387 e. The second-order valence-corrected chi connectivity index (χ2v) is 7.22.